The maximum atomic E-state index is 12.1. The summed E-state index contributed by atoms with van der Waals surface area (Å²) in [5.41, 5.74) is 0.603. The summed E-state index contributed by atoms with van der Waals surface area (Å²) < 4.78 is 5.33. The van der Waals surface area contributed by atoms with Crippen LogP contribution in [-0.2, 0) is 9.84 Å². The van der Waals surface area contributed by atoms with Crippen molar-refractivity contribution in [3.63, 3.8) is 0 Å². The van der Waals surface area contributed by atoms with Crippen LogP contribution >= 0.6 is 0 Å². The van der Waals surface area contributed by atoms with Gasteiger partial charge in [0, 0.05) is 0 Å². The van der Waals surface area contributed by atoms with Crippen LogP contribution in [0.1, 0.15) is 72.1 Å². The lowest BCUT2D eigenvalue weighted by Crippen LogP contribution is -2.06. The molecular weight excluding hydrogens is 328 g/mol. The van der Waals surface area contributed by atoms with E-state index in [-0.39, 0.29) is 11.5 Å². The molecule has 0 saturated heterocycles. The van der Waals surface area contributed by atoms with Gasteiger partial charge in [-0.05, 0) is 41.5 Å². The second-order valence-electron chi connectivity index (χ2n) is 6.53. The maximum Gasteiger partial charge on any atom is 0.386 e. The van der Waals surface area contributed by atoms with Gasteiger partial charge in [-0.2, -0.15) is 0 Å². The molecule has 4 nitrogen and oxygen atoms in total. The lowest BCUT2D eigenvalue weighted by Gasteiger charge is -2.06. The molecule has 0 saturated carbocycles. The van der Waals surface area contributed by atoms with Crippen molar-refractivity contribution < 1.29 is 19.4 Å². The number of unbranched alkanes of at least 4 members (excludes halogenated alkanes) is 7. The molecule has 4 heteroatoms. The van der Waals surface area contributed by atoms with E-state index in [2.05, 4.69) is 6.92 Å². The van der Waals surface area contributed by atoms with E-state index < -0.39 is 5.97 Å². The van der Waals surface area contributed by atoms with E-state index in [1.807, 2.05) is 0 Å². The molecule has 0 aliphatic heterocycles. The Hall–Kier alpha value is -2.36. The smallest absolute Gasteiger partial charge is 0.386 e. The lowest BCUT2D eigenvalue weighted by molar-refractivity contribution is 0.0496. The number of benzene rings is 2. The van der Waals surface area contributed by atoms with E-state index >= 15 is 0 Å². The van der Waals surface area contributed by atoms with Crippen LogP contribution in [0.5, 0.6) is 0 Å². The van der Waals surface area contributed by atoms with Crippen molar-refractivity contribution >= 4 is 22.7 Å². The van der Waals surface area contributed by atoms with E-state index in [9.17, 15) is 14.7 Å². The molecule has 2 radical (unpaired) electrons. The molecule has 0 spiro atoms. The highest BCUT2D eigenvalue weighted by Crippen LogP contribution is 2.19. The number of hydrogen-bond acceptors (Lipinski definition) is 3. The third kappa shape index (κ3) is 6.17. The molecule has 0 atom stereocenters. The molecular formula is C22H26O4. The van der Waals surface area contributed by atoms with Gasteiger partial charge in [0.15, 0.2) is 0 Å². The minimum absolute atomic E-state index is 0.124. The molecule has 0 bridgehead atoms. The van der Waals surface area contributed by atoms with Gasteiger partial charge in [0.25, 0.3) is 0 Å². The van der Waals surface area contributed by atoms with E-state index in [4.69, 9.17) is 4.74 Å². The van der Waals surface area contributed by atoms with E-state index in [1.165, 1.54) is 44.2 Å². The molecule has 138 valence electrons. The topological polar surface area (TPSA) is 63.3 Å². The van der Waals surface area contributed by atoms with Gasteiger partial charge >= 0.3 is 11.9 Å². The first-order valence-corrected chi connectivity index (χ1v) is 9.33. The van der Waals surface area contributed by atoms with Gasteiger partial charge in [0.05, 0.1) is 17.7 Å². The first-order chi connectivity index (χ1) is 12.6. The molecule has 0 fully saturated rings. The maximum absolute atomic E-state index is 12.1. The van der Waals surface area contributed by atoms with Crippen LogP contribution in [0.4, 0.5) is 0 Å². The minimum atomic E-state index is -1.21. The van der Waals surface area contributed by atoms with E-state index in [1.54, 1.807) is 24.3 Å². The van der Waals surface area contributed by atoms with E-state index in [0.717, 1.165) is 30.0 Å². The highest BCUT2D eigenvalue weighted by Gasteiger charge is 2.10. The Labute approximate surface area is 155 Å². The summed E-state index contributed by atoms with van der Waals surface area (Å²) in [5, 5.41) is 12.4. The molecule has 0 aliphatic carbocycles. The molecule has 0 amide bonds. The van der Waals surface area contributed by atoms with Gasteiger partial charge in [-0.3, -0.25) is 0 Å². The zero-order chi connectivity index (χ0) is 18.8. The second kappa shape index (κ2) is 10.6. The predicted molar refractivity (Wildman–Crippen MR) is 102 cm³/mol. The third-order valence-electron chi connectivity index (χ3n) is 4.44. The largest absolute Gasteiger partial charge is 0.462 e. The summed E-state index contributed by atoms with van der Waals surface area (Å²) in [6.07, 6.45) is 9.08. The average Bonchev–Trinajstić information content (AvgIpc) is 2.65. The third-order valence-corrected chi connectivity index (χ3v) is 4.44. The lowest BCUT2D eigenvalue weighted by atomic mass is 10.0. The molecule has 0 aliphatic rings. The Morgan fingerprint density at radius 3 is 1.92 bits per heavy atom. The Morgan fingerprint density at radius 1 is 0.769 bits per heavy atom. The van der Waals surface area contributed by atoms with Crippen LogP contribution < -0.4 is 0 Å². The van der Waals surface area contributed by atoms with Crippen molar-refractivity contribution in [1.82, 2.24) is 0 Å². The van der Waals surface area contributed by atoms with Crippen molar-refractivity contribution in [2.45, 2.75) is 51.4 Å². The Kier molecular flexibility index (Phi) is 8.13. The Balaban J connectivity index is 1.75. The quantitative estimate of drug-likeness (QED) is 0.394. The second-order valence-corrected chi connectivity index (χ2v) is 6.53. The van der Waals surface area contributed by atoms with Crippen LogP contribution in [0.3, 0.4) is 0 Å². The summed E-state index contributed by atoms with van der Waals surface area (Å²) >= 11 is 0. The fourth-order valence-electron chi connectivity index (χ4n) is 2.91. The first-order valence-electron chi connectivity index (χ1n) is 9.33. The van der Waals surface area contributed by atoms with Crippen molar-refractivity contribution in [2.75, 3.05) is 6.61 Å². The molecule has 2 rings (SSSR count). The monoisotopic (exact) mass is 354 g/mol. The van der Waals surface area contributed by atoms with Crippen LogP contribution in [0, 0.1) is 6.92 Å². The summed E-state index contributed by atoms with van der Waals surface area (Å²) in [6, 6.07) is 9.79. The van der Waals surface area contributed by atoms with Crippen molar-refractivity contribution in [3.05, 3.63) is 54.4 Å². The zero-order valence-electron chi connectivity index (χ0n) is 15.2. The SMILES string of the molecule is [CH2]CCCCCCCCCOC(=O)c1ccc2cc(C([O])=O)ccc2c1. The summed E-state index contributed by atoms with van der Waals surface area (Å²) in [5.74, 6) is -1.55. The highest BCUT2D eigenvalue weighted by atomic mass is 16.5. The fourth-order valence-corrected chi connectivity index (χ4v) is 2.91. The van der Waals surface area contributed by atoms with Crippen molar-refractivity contribution in [2.24, 2.45) is 0 Å². The summed E-state index contributed by atoms with van der Waals surface area (Å²) in [4.78, 5) is 23.0. The van der Waals surface area contributed by atoms with Crippen molar-refractivity contribution in [1.29, 1.82) is 0 Å². The molecule has 2 aromatic carbocycles. The van der Waals surface area contributed by atoms with Crippen molar-refractivity contribution in [3.8, 4) is 0 Å². The Bertz CT molecular complexity index is 736. The molecule has 0 heterocycles. The number of esters is 1. The predicted octanol–water partition coefficient (Wildman–Crippen LogP) is 5.52. The van der Waals surface area contributed by atoms with Gasteiger partial charge in [-0.15, -0.1) is 0 Å². The molecule has 0 aromatic heterocycles. The van der Waals surface area contributed by atoms with Crippen LogP contribution in [0.15, 0.2) is 36.4 Å². The van der Waals surface area contributed by atoms with Crippen LogP contribution in [-0.4, -0.2) is 18.5 Å². The number of ether oxygens (including phenoxy) is 1. The van der Waals surface area contributed by atoms with Gasteiger partial charge in [0.1, 0.15) is 0 Å². The summed E-state index contributed by atoms with van der Waals surface area (Å²) in [7, 11) is 0. The number of hydrogen-bond donors (Lipinski definition) is 0. The standard InChI is InChI=1S/C22H26O4/c1-2-3-4-5-6-7-8-9-14-26-22(25)20-13-11-17-15-19(21(23)24)12-10-18(17)16-20/h10-13,15-16H,1-9,14H2. The molecule has 0 N–H and O–H groups in total. The molecule has 0 unspecified atom stereocenters. The van der Waals surface area contributed by atoms with Gasteiger partial charge < -0.3 is 4.74 Å². The number of fused-ring (bicyclic) bond motifs is 1. The Morgan fingerprint density at radius 2 is 1.31 bits per heavy atom. The van der Waals surface area contributed by atoms with Crippen LogP contribution in [0.2, 0.25) is 0 Å². The normalized spacial score (nSPS) is 10.8. The van der Waals surface area contributed by atoms with Crippen LogP contribution in [0.25, 0.3) is 10.8 Å². The van der Waals surface area contributed by atoms with Gasteiger partial charge in [-0.1, -0.05) is 64.0 Å². The average molecular weight is 354 g/mol. The van der Waals surface area contributed by atoms with E-state index in [0.29, 0.717) is 12.2 Å². The van der Waals surface area contributed by atoms with Gasteiger partial charge in [-0.25, -0.2) is 14.7 Å². The fraction of sp³-hybridized carbons (Fsp3) is 0.409. The first kappa shape index (κ1) is 20.0. The summed E-state index contributed by atoms with van der Waals surface area (Å²) in [6.45, 7) is 4.27. The number of rotatable bonds is 11. The zero-order valence-corrected chi connectivity index (χ0v) is 15.2. The number of carbonyl (C=O) groups excluding carboxylic acids is 2. The molecule has 2 aromatic rings. The number of carbonyl (C=O) groups is 2. The highest BCUT2D eigenvalue weighted by molar-refractivity contribution is 5.98. The molecule has 26 heavy (non-hydrogen) atoms. The minimum Gasteiger partial charge on any atom is -0.462 e. The van der Waals surface area contributed by atoms with Gasteiger partial charge in [0.2, 0.25) is 0 Å².